The Morgan fingerprint density at radius 2 is 1.83 bits per heavy atom. The van der Waals surface area contributed by atoms with Crippen molar-refractivity contribution in [1.82, 2.24) is 4.90 Å². The van der Waals surface area contributed by atoms with Crippen LogP contribution in [0.15, 0.2) is 58.4 Å². The molecule has 4 rings (SSSR count). The first kappa shape index (κ1) is 20.5. The maximum atomic E-state index is 13.4. The first-order valence-electron chi connectivity index (χ1n) is 9.85. The number of para-hydroxylation sites is 1. The van der Waals surface area contributed by atoms with Crippen LogP contribution in [0.3, 0.4) is 0 Å². The van der Waals surface area contributed by atoms with Gasteiger partial charge in [-0.2, -0.15) is 0 Å². The summed E-state index contributed by atoms with van der Waals surface area (Å²) in [6.45, 7) is 2.23. The van der Waals surface area contributed by atoms with Crippen LogP contribution in [-0.4, -0.2) is 22.0 Å². The Bertz CT molecular complexity index is 974. The van der Waals surface area contributed by atoms with E-state index in [1.165, 1.54) is 18.2 Å². The Morgan fingerprint density at radius 1 is 1.07 bits per heavy atom. The van der Waals surface area contributed by atoms with Gasteiger partial charge in [0.25, 0.3) is 5.91 Å². The van der Waals surface area contributed by atoms with Crippen molar-refractivity contribution in [2.75, 3.05) is 0 Å². The molecule has 0 bridgehead atoms. The molecule has 3 nitrogen and oxygen atoms in total. The van der Waals surface area contributed by atoms with Crippen LogP contribution in [0, 0.1) is 5.92 Å². The van der Waals surface area contributed by atoms with Crippen molar-refractivity contribution in [2.45, 2.75) is 38.6 Å². The number of carbonyl (C=O) groups excluding carboxylic acids is 1. The maximum Gasteiger partial charge on any atom is 0.267 e. The molecule has 1 heterocycles. The van der Waals surface area contributed by atoms with Crippen LogP contribution in [0.25, 0.3) is 6.08 Å². The van der Waals surface area contributed by atoms with Crippen LogP contribution < -0.4 is 0 Å². The molecule has 2 aromatic carbocycles. The fourth-order valence-electron chi connectivity index (χ4n) is 3.92. The predicted molar refractivity (Wildman–Crippen MR) is 124 cm³/mol. The number of halogens is 2. The molecule has 6 heteroatoms. The summed E-state index contributed by atoms with van der Waals surface area (Å²) in [5.41, 5.74) is 1.59. The molecule has 0 aromatic heterocycles. The lowest BCUT2D eigenvalue weighted by molar-refractivity contribution is -0.124. The standard InChI is InChI=1S/C23H22Cl2N2OS/c1-15-8-5-6-13-19(15)27-22(28)20(14-16-9-7-12-18(24)21(16)25)29-23(27)26-17-10-3-2-4-11-17/h2-4,7,9-12,14-15,19H,5-6,8,13H2,1H3/b20-14-,26-23?/t15-,19-/m0/s1. The van der Waals surface area contributed by atoms with Gasteiger partial charge in [0.05, 0.1) is 20.6 Å². The van der Waals surface area contributed by atoms with Crippen molar-refractivity contribution < 1.29 is 4.79 Å². The van der Waals surface area contributed by atoms with E-state index in [0.29, 0.717) is 20.9 Å². The van der Waals surface area contributed by atoms with Gasteiger partial charge in [0, 0.05) is 6.04 Å². The molecule has 2 fully saturated rings. The minimum absolute atomic E-state index is 0.000488. The van der Waals surface area contributed by atoms with Crippen molar-refractivity contribution >= 4 is 57.8 Å². The van der Waals surface area contributed by atoms with Crippen LogP contribution in [0.1, 0.15) is 38.2 Å². The normalized spacial score (nSPS) is 25.2. The minimum atomic E-state index is -0.000488. The van der Waals surface area contributed by atoms with Crippen molar-refractivity contribution in [1.29, 1.82) is 0 Å². The van der Waals surface area contributed by atoms with Gasteiger partial charge in [0.2, 0.25) is 0 Å². The molecule has 1 aliphatic carbocycles. The zero-order valence-corrected chi connectivity index (χ0v) is 18.5. The molecule has 1 aliphatic heterocycles. The number of nitrogens with zero attached hydrogens (tertiary/aromatic N) is 2. The molecule has 150 valence electrons. The number of hydrogen-bond donors (Lipinski definition) is 0. The zero-order valence-electron chi connectivity index (χ0n) is 16.1. The van der Waals surface area contributed by atoms with Gasteiger partial charge in [0.15, 0.2) is 5.17 Å². The van der Waals surface area contributed by atoms with E-state index >= 15 is 0 Å². The van der Waals surface area contributed by atoms with Gasteiger partial charge < -0.3 is 0 Å². The molecule has 2 atom stereocenters. The molecular weight excluding hydrogens is 423 g/mol. The highest BCUT2D eigenvalue weighted by molar-refractivity contribution is 8.18. The maximum absolute atomic E-state index is 13.4. The number of thioether (sulfide) groups is 1. The van der Waals surface area contributed by atoms with Gasteiger partial charge >= 0.3 is 0 Å². The van der Waals surface area contributed by atoms with Crippen LogP contribution >= 0.6 is 35.0 Å². The summed E-state index contributed by atoms with van der Waals surface area (Å²) >= 11 is 13.9. The molecule has 1 saturated carbocycles. The third-order valence-electron chi connectivity index (χ3n) is 5.48. The summed E-state index contributed by atoms with van der Waals surface area (Å²) in [5.74, 6) is 0.447. The Kier molecular flexibility index (Phi) is 6.33. The molecule has 0 unspecified atom stereocenters. The number of hydrogen-bond acceptors (Lipinski definition) is 3. The Morgan fingerprint density at radius 3 is 2.59 bits per heavy atom. The van der Waals surface area contributed by atoms with Crippen LogP contribution in [0.5, 0.6) is 0 Å². The summed E-state index contributed by atoms with van der Waals surface area (Å²) in [7, 11) is 0. The molecule has 1 saturated heterocycles. The van der Waals surface area contributed by atoms with Crippen LogP contribution in [-0.2, 0) is 4.79 Å². The SMILES string of the molecule is C[C@H]1CCCC[C@@H]1N1C(=O)/C(=C/c2cccc(Cl)c2Cl)SC1=Nc1ccccc1. The van der Waals surface area contributed by atoms with Gasteiger partial charge in [0.1, 0.15) is 0 Å². The van der Waals surface area contributed by atoms with Crippen molar-refractivity contribution in [3.05, 3.63) is 69.0 Å². The second kappa shape index (κ2) is 8.95. The molecule has 0 N–H and O–H groups in total. The fraction of sp³-hybridized carbons (Fsp3) is 0.304. The lowest BCUT2D eigenvalue weighted by Gasteiger charge is -2.35. The molecular formula is C23H22Cl2N2OS. The molecule has 2 aromatic rings. The predicted octanol–water partition coefficient (Wildman–Crippen LogP) is 7.18. The number of amides is 1. The van der Waals surface area contributed by atoms with Gasteiger partial charge in [-0.25, -0.2) is 4.99 Å². The van der Waals surface area contributed by atoms with Crippen LogP contribution in [0.4, 0.5) is 5.69 Å². The summed E-state index contributed by atoms with van der Waals surface area (Å²) in [6.07, 6.45) is 6.33. The number of aliphatic imine (C=N–C) groups is 1. The van der Waals surface area contributed by atoms with E-state index in [2.05, 4.69) is 6.92 Å². The first-order valence-corrected chi connectivity index (χ1v) is 11.4. The Balaban J connectivity index is 1.74. The number of benzene rings is 2. The highest BCUT2D eigenvalue weighted by Crippen LogP contribution is 2.41. The first-order chi connectivity index (χ1) is 14.0. The van der Waals surface area contributed by atoms with E-state index in [1.807, 2.05) is 53.4 Å². The third-order valence-corrected chi connectivity index (χ3v) is 7.30. The molecule has 29 heavy (non-hydrogen) atoms. The fourth-order valence-corrected chi connectivity index (χ4v) is 5.32. The Hall–Kier alpha value is -1.75. The van der Waals surface area contributed by atoms with Crippen molar-refractivity contribution in [3.63, 3.8) is 0 Å². The van der Waals surface area contributed by atoms with Crippen molar-refractivity contribution in [3.8, 4) is 0 Å². The molecule has 0 spiro atoms. The number of carbonyl (C=O) groups is 1. The minimum Gasteiger partial charge on any atom is -0.283 e. The quantitative estimate of drug-likeness (QED) is 0.469. The van der Waals surface area contributed by atoms with Gasteiger partial charge in [-0.1, -0.05) is 73.3 Å². The molecule has 0 radical (unpaired) electrons. The number of amidine groups is 1. The summed E-state index contributed by atoms with van der Waals surface area (Å²) in [6, 6.07) is 15.4. The molecule has 1 amide bonds. The number of rotatable bonds is 3. The van der Waals surface area contributed by atoms with E-state index in [1.54, 1.807) is 6.07 Å². The smallest absolute Gasteiger partial charge is 0.267 e. The average molecular weight is 445 g/mol. The highest BCUT2D eigenvalue weighted by Gasteiger charge is 2.41. The third kappa shape index (κ3) is 4.40. The van der Waals surface area contributed by atoms with Gasteiger partial charge in [-0.3, -0.25) is 9.69 Å². The van der Waals surface area contributed by atoms with Gasteiger partial charge in [-0.05, 0) is 60.4 Å². The second-order valence-electron chi connectivity index (χ2n) is 7.49. The summed E-state index contributed by atoms with van der Waals surface area (Å²) in [4.78, 5) is 20.8. The van der Waals surface area contributed by atoms with E-state index in [-0.39, 0.29) is 11.9 Å². The van der Waals surface area contributed by atoms with Gasteiger partial charge in [-0.15, -0.1) is 0 Å². The Labute approximate surface area is 185 Å². The summed E-state index contributed by atoms with van der Waals surface area (Å²) in [5, 5.41) is 1.68. The monoisotopic (exact) mass is 444 g/mol. The van der Waals surface area contributed by atoms with Crippen molar-refractivity contribution in [2.24, 2.45) is 10.9 Å². The largest absolute Gasteiger partial charge is 0.283 e. The van der Waals surface area contributed by atoms with E-state index in [9.17, 15) is 4.79 Å². The van der Waals surface area contributed by atoms with Crippen LogP contribution in [0.2, 0.25) is 10.0 Å². The second-order valence-corrected chi connectivity index (χ2v) is 9.28. The highest BCUT2D eigenvalue weighted by atomic mass is 35.5. The lowest BCUT2D eigenvalue weighted by atomic mass is 9.85. The molecule has 2 aliphatic rings. The van der Waals surface area contributed by atoms with E-state index in [0.717, 1.165) is 35.7 Å². The topological polar surface area (TPSA) is 32.7 Å². The van der Waals surface area contributed by atoms with E-state index < -0.39 is 0 Å². The lowest BCUT2D eigenvalue weighted by Crippen LogP contribution is -2.44. The average Bonchev–Trinajstić information content (AvgIpc) is 3.01. The van der Waals surface area contributed by atoms with E-state index in [4.69, 9.17) is 28.2 Å². The zero-order chi connectivity index (χ0) is 20.4. The summed E-state index contributed by atoms with van der Waals surface area (Å²) < 4.78 is 0.